The number of ether oxygens (including phenoxy) is 1. The zero-order chi connectivity index (χ0) is 21.2. The Hall–Kier alpha value is -3.00. The van der Waals surface area contributed by atoms with Crippen molar-refractivity contribution in [3.63, 3.8) is 0 Å². The highest BCUT2D eigenvalue weighted by atomic mass is 79.9. The molecule has 0 saturated heterocycles. The summed E-state index contributed by atoms with van der Waals surface area (Å²) in [6.07, 6.45) is 1.51. The lowest BCUT2D eigenvalue weighted by Crippen LogP contribution is -2.29. The Morgan fingerprint density at radius 3 is 2.69 bits per heavy atom. The highest BCUT2D eigenvalue weighted by Gasteiger charge is 2.23. The summed E-state index contributed by atoms with van der Waals surface area (Å²) < 4.78 is 7.52. The molecule has 2 N–H and O–H groups in total. The summed E-state index contributed by atoms with van der Waals surface area (Å²) in [6, 6.07) is 12.4. The number of aromatic nitrogens is 2. The zero-order valence-corrected chi connectivity index (χ0v) is 17.9. The van der Waals surface area contributed by atoms with Gasteiger partial charge in [0.1, 0.15) is 11.6 Å². The molecule has 0 unspecified atom stereocenters. The second-order valence-corrected chi connectivity index (χ2v) is 8.42. The van der Waals surface area contributed by atoms with Gasteiger partial charge in [0, 0.05) is 15.5 Å². The summed E-state index contributed by atoms with van der Waals surface area (Å²) >= 11 is 3.39. The third kappa shape index (κ3) is 4.71. The Labute approximate surface area is 176 Å². The van der Waals surface area contributed by atoms with Crippen LogP contribution in [0, 0.1) is 0 Å². The number of para-hydroxylation sites is 1. The topological polar surface area (TPSA) is 99.6 Å². The van der Waals surface area contributed by atoms with Crippen molar-refractivity contribution in [1.29, 1.82) is 0 Å². The van der Waals surface area contributed by atoms with Crippen molar-refractivity contribution in [3.8, 4) is 5.75 Å². The van der Waals surface area contributed by atoms with Crippen LogP contribution in [0.4, 0.5) is 0 Å². The molecule has 0 saturated carbocycles. The maximum Gasteiger partial charge on any atom is 0.282 e. The third-order valence-electron chi connectivity index (χ3n) is 4.08. The summed E-state index contributed by atoms with van der Waals surface area (Å²) in [5, 5.41) is 4.88. The lowest BCUT2D eigenvalue weighted by molar-refractivity contribution is -0.119. The van der Waals surface area contributed by atoms with Crippen molar-refractivity contribution in [2.45, 2.75) is 26.2 Å². The Morgan fingerprint density at radius 2 is 2.00 bits per heavy atom. The van der Waals surface area contributed by atoms with Crippen LogP contribution in [0.1, 0.15) is 32.2 Å². The van der Waals surface area contributed by atoms with Crippen LogP contribution in [-0.2, 0) is 10.2 Å². The van der Waals surface area contributed by atoms with Gasteiger partial charge in [-0.1, -0.05) is 48.8 Å². The van der Waals surface area contributed by atoms with Crippen molar-refractivity contribution in [2.24, 2.45) is 10.8 Å². The number of carbonyl (C=O) groups excluding carboxylic acids is 1. The number of rotatable bonds is 5. The quantitative estimate of drug-likeness (QED) is 0.595. The van der Waals surface area contributed by atoms with E-state index in [0.717, 1.165) is 4.47 Å². The van der Waals surface area contributed by atoms with Crippen LogP contribution in [0.15, 0.2) is 56.8 Å². The molecule has 29 heavy (non-hydrogen) atoms. The van der Waals surface area contributed by atoms with Crippen molar-refractivity contribution in [3.05, 3.63) is 68.7 Å². The Balaban J connectivity index is 2.14. The summed E-state index contributed by atoms with van der Waals surface area (Å²) in [5.41, 5.74) is 5.68. The van der Waals surface area contributed by atoms with Crippen LogP contribution in [0.2, 0.25) is 0 Å². The number of primary amides is 1. The van der Waals surface area contributed by atoms with Gasteiger partial charge in [0.15, 0.2) is 6.61 Å². The number of amides is 1. The third-order valence-corrected chi connectivity index (χ3v) is 4.57. The number of fused-ring (bicyclic) bond motifs is 1. The summed E-state index contributed by atoms with van der Waals surface area (Å²) in [5.74, 6) is 0.397. The Bertz CT molecular complexity index is 1160. The van der Waals surface area contributed by atoms with E-state index >= 15 is 0 Å². The largest absolute Gasteiger partial charge is 0.483 e. The molecule has 1 amide bonds. The number of nitrogens with zero attached hydrogens (tertiary/aromatic N) is 3. The fourth-order valence-electron chi connectivity index (χ4n) is 2.73. The second kappa shape index (κ2) is 8.16. The van der Waals surface area contributed by atoms with Gasteiger partial charge in [0.2, 0.25) is 0 Å². The molecule has 1 heterocycles. The van der Waals surface area contributed by atoms with E-state index in [0.29, 0.717) is 28.0 Å². The maximum absolute atomic E-state index is 13.2. The van der Waals surface area contributed by atoms with Gasteiger partial charge in [-0.25, -0.2) is 4.98 Å². The van der Waals surface area contributed by atoms with Crippen LogP contribution >= 0.6 is 15.9 Å². The second-order valence-electron chi connectivity index (χ2n) is 7.50. The first kappa shape index (κ1) is 20.7. The minimum atomic E-state index is -0.577. The van der Waals surface area contributed by atoms with E-state index in [-0.39, 0.29) is 12.2 Å². The van der Waals surface area contributed by atoms with E-state index in [1.54, 1.807) is 30.3 Å². The summed E-state index contributed by atoms with van der Waals surface area (Å²) in [4.78, 5) is 28.9. The standard InChI is InChI=1S/C21H21BrN4O3/c1-21(2,3)20-25-16-9-8-14(22)10-15(16)19(28)26(20)24-11-13-6-4-5-7-17(13)29-12-18(23)27/h4-11H,12H2,1-3H3,(H2,23,27). The lowest BCUT2D eigenvalue weighted by Gasteiger charge is -2.21. The number of hydrogen-bond acceptors (Lipinski definition) is 5. The Morgan fingerprint density at radius 1 is 1.28 bits per heavy atom. The summed E-state index contributed by atoms with van der Waals surface area (Å²) in [7, 11) is 0. The smallest absolute Gasteiger partial charge is 0.282 e. The van der Waals surface area contributed by atoms with Gasteiger partial charge in [-0.2, -0.15) is 9.78 Å². The Kier molecular flexibility index (Phi) is 5.83. The predicted molar refractivity (Wildman–Crippen MR) is 117 cm³/mol. The first-order chi connectivity index (χ1) is 13.7. The molecule has 0 spiro atoms. The van der Waals surface area contributed by atoms with Gasteiger partial charge in [-0.3, -0.25) is 9.59 Å². The minimum Gasteiger partial charge on any atom is -0.483 e. The monoisotopic (exact) mass is 456 g/mol. The van der Waals surface area contributed by atoms with Gasteiger partial charge in [-0.05, 0) is 30.3 Å². The number of halogens is 1. The molecule has 0 bridgehead atoms. The number of hydrogen-bond donors (Lipinski definition) is 1. The molecule has 0 atom stereocenters. The molecule has 2 aromatic carbocycles. The number of nitrogens with two attached hydrogens (primary N) is 1. The van der Waals surface area contributed by atoms with Crippen molar-refractivity contribution in [2.75, 3.05) is 6.61 Å². The minimum absolute atomic E-state index is 0.246. The van der Waals surface area contributed by atoms with E-state index in [2.05, 4.69) is 26.0 Å². The molecule has 3 aromatic rings. The van der Waals surface area contributed by atoms with E-state index in [4.69, 9.17) is 10.5 Å². The van der Waals surface area contributed by atoms with E-state index in [1.165, 1.54) is 10.9 Å². The highest BCUT2D eigenvalue weighted by Crippen LogP contribution is 2.23. The van der Waals surface area contributed by atoms with Crippen molar-refractivity contribution in [1.82, 2.24) is 9.66 Å². The average molecular weight is 457 g/mol. The first-order valence-electron chi connectivity index (χ1n) is 8.94. The normalized spacial score (nSPS) is 11.9. The van der Waals surface area contributed by atoms with Crippen LogP contribution in [0.5, 0.6) is 5.75 Å². The van der Waals surface area contributed by atoms with Gasteiger partial charge < -0.3 is 10.5 Å². The molecule has 0 aliphatic carbocycles. The van der Waals surface area contributed by atoms with Crippen LogP contribution < -0.4 is 16.0 Å². The maximum atomic E-state index is 13.2. The zero-order valence-electron chi connectivity index (χ0n) is 16.3. The van der Waals surface area contributed by atoms with Crippen molar-refractivity contribution < 1.29 is 9.53 Å². The molecule has 8 heteroatoms. The van der Waals surface area contributed by atoms with Gasteiger partial charge >= 0.3 is 0 Å². The SMILES string of the molecule is CC(C)(C)c1nc2ccc(Br)cc2c(=O)n1N=Cc1ccccc1OCC(N)=O. The number of benzene rings is 2. The molecular weight excluding hydrogens is 436 g/mol. The molecule has 0 radical (unpaired) electrons. The molecule has 3 rings (SSSR count). The first-order valence-corrected chi connectivity index (χ1v) is 9.73. The van der Waals surface area contributed by atoms with Gasteiger partial charge in [-0.15, -0.1) is 0 Å². The van der Waals surface area contributed by atoms with Gasteiger partial charge in [0.25, 0.3) is 11.5 Å². The molecule has 150 valence electrons. The van der Waals surface area contributed by atoms with Crippen LogP contribution in [0.25, 0.3) is 10.9 Å². The summed E-state index contributed by atoms with van der Waals surface area (Å²) in [6.45, 7) is 5.66. The molecule has 0 aliphatic heterocycles. The van der Waals surface area contributed by atoms with Crippen LogP contribution in [-0.4, -0.2) is 28.4 Å². The fourth-order valence-corrected chi connectivity index (χ4v) is 3.09. The molecule has 0 fully saturated rings. The molecule has 1 aromatic heterocycles. The predicted octanol–water partition coefficient (Wildman–Crippen LogP) is 3.20. The van der Waals surface area contributed by atoms with Gasteiger partial charge in [0.05, 0.1) is 17.1 Å². The van der Waals surface area contributed by atoms with E-state index < -0.39 is 11.3 Å². The van der Waals surface area contributed by atoms with Crippen LogP contribution in [0.3, 0.4) is 0 Å². The fraction of sp³-hybridized carbons (Fsp3) is 0.238. The number of carbonyl (C=O) groups is 1. The molecule has 0 aliphatic rings. The lowest BCUT2D eigenvalue weighted by atomic mass is 9.95. The van der Waals surface area contributed by atoms with E-state index in [9.17, 15) is 9.59 Å². The van der Waals surface area contributed by atoms with Crippen molar-refractivity contribution >= 4 is 39.0 Å². The highest BCUT2D eigenvalue weighted by molar-refractivity contribution is 9.10. The van der Waals surface area contributed by atoms with E-state index in [1.807, 2.05) is 32.9 Å². The average Bonchev–Trinajstić information content (AvgIpc) is 2.65. The molecule has 7 nitrogen and oxygen atoms in total. The molecular formula is C21H21BrN4O3.